The number of para-hydroxylation sites is 2. The summed E-state index contributed by atoms with van der Waals surface area (Å²) >= 11 is 7.89. The number of halogens is 1. The molecule has 0 radical (unpaired) electrons. The van der Waals surface area contributed by atoms with Gasteiger partial charge in [-0.1, -0.05) is 53.3 Å². The lowest BCUT2D eigenvalue weighted by molar-refractivity contribution is 0.102. The molecule has 2 amide bonds. The number of rotatable bonds is 7. The number of aromatic nitrogens is 3. The highest BCUT2D eigenvalue weighted by Crippen LogP contribution is 2.30. The van der Waals surface area contributed by atoms with Crippen molar-refractivity contribution in [2.45, 2.75) is 13.8 Å². The van der Waals surface area contributed by atoms with Crippen LogP contribution in [0, 0.1) is 6.92 Å². The normalized spacial score (nSPS) is 10.9. The molecule has 8 nitrogen and oxygen atoms in total. The second-order valence-corrected chi connectivity index (χ2v) is 9.42. The summed E-state index contributed by atoms with van der Waals surface area (Å²) in [5.41, 5.74) is 2.82. The Hall–Kier alpha value is -4.21. The smallest absolute Gasteiger partial charge is 0.260 e. The molecule has 0 bridgehead atoms. The number of aryl methyl sites for hydroxylation is 1. The van der Waals surface area contributed by atoms with E-state index in [0.29, 0.717) is 23.1 Å². The van der Waals surface area contributed by atoms with Crippen molar-refractivity contribution in [2.24, 2.45) is 0 Å². The number of nitrogens with zero attached hydrogens (tertiary/aromatic N) is 3. The number of nitrogens with one attached hydrogen (secondary N) is 2. The first-order chi connectivity index (χ1) is 17.9. The monoisotopic (exact) mass is 531 g/mol. The molecule has 2 N–H and O–H groups in total. The van der Waals surface area contributed by atoms with Crippen molar-refractivity contribution in [2.75, 3.05) is 17.2 Å². The lowest BCUT2D eigenvalue weighted by Crippen LogP contribution is -2.18. The molecule has 10 heteroatoms. The van der Waals surface area contributed by atoms with Crippen LogP contribution in [0.15, 0.2) is 72.8 Å². The minimum atomic E-state index is -0.464. The molecular formula is C27H22ClN5O3S. The molecule has 2 heterocycles. The van der Waals surface area contributed by atoms with Crippen LogP contribution >= 0.6 is 22.9 Å². The zero-order chi connectivity index (χ0) is 25.9. The fourth-order valence-electron chi connectivity index (χ4n) is 3.85. The third kappa shape index (κ3) is 5.04. The van der Waals surface area contributed by atoms with Crippen LogP contribution in [-0.4, -0.2) is 33.2 Å². The van der Waals surface area contributed by atoms with Gasteiger partial charge >= 0.3 is 0 Å². The van der Waals surface area contributed by atoms with Crippen molar-refractivity contribution < 1.29 is 14.3 Å². The van der Waals surface area contributed by atoms with Gasteiger partial charge in [0.25, 0.3) is 11.8 Å². The van der Waals surface area contributed by atoms with Gasteiger partial charge in [0.15, 0.2) is 5.13 Å². The van der Waals surface area contributed by atoms with Crippen LogP contribution in [0.25, 0.3) is 15.9 Å². The number of anilines is 2. The summed E-state index contributed by atoms with van der Waals surface area (Å²) in [7, 11) is 0. The molecule has 186 valence electrons. The molecule has 0 aliphatic heterocycles. The van der Waals surface area contributed by atoms with Crippen molar-refractivity contribution in [1.82, 2.24) is 14.8 Å². The topological polar surface area (TPSA) is 98.1 Å². The number of hydrogen-bond donors (Lipinski definition) is 2. The molecule has 37 heavy (non-hydrogen) atoms. The summed E-state index contributed by atoms with van der Waals surface area (Å²) in [5.74, 6) is -0.120. The van der Waals surface area contributed by atoms with Gasteiger partial charge in [-0.2, -0.15) is 5.10 Å². The van der Waals surface area contributed by atoms with Crippen LogP contribution in [-0.2, 0) is 0 Å². The number of benzene rings is 3. The lowest BCUT2D eigenvalue weighted by Gasteiger charge is -2.10. The summed E-state index contributed by atoms with van der Waals surface area (Å²) in [6.07, 6.45) is 0. The van der Waals surface area contributed by atoms with Gasteiger partial charge in [-0.05, 0) is 56.3 Å². The molecule has 0 spiro atoms. The molecule has 5 rings (SSSR count). The molecule has 3 aromatic carbocycles. The lowest BCUT2D eigenvalue weighted by atomic mass is 10.1. The fraction of sp³-hybridized carbons (Fsp3) is 0.111. The molecule has 0 unspecified atom stereocenters. The van der Waals surface area contributed by atoms with E-state index in [1.165, 1.54) is 16.0 Å². The predicted octanol–water partition coefficient (Wildman–Crippen LogP) is 6.35. The Kier molecular flexibility index (Phi) is 6.89. The molecule has 5 aromatic rings. The van der Waals surface area contributed by atoms with Crippen molar-refractivity contribution in [1.29, 1.82) is 0 Å². The van der Waals surface area contributed by atoms with Gasteiger partial charge in [-0.15, -0.1) is 0 Å². The predicted molar refractivity (Wildman–Crippen MR) is 146 cm³/mol. The highest BCUT2D eigenvalue weighted by molar-refractivity contribution is 7.22. The average molecular weight is 532 g/mol. The molecule has 2 aromatic heterocycles. The molecule has 0 aliphatic carbocycles. The number of ether oxygens (including phenoxy) is 1. The number of fused-ring (bicyclic) bond motifs is 1. The molecule has 0 atom stereocenters. The van der Waals surface area contributed by atoms with Gasteiger partial charge in [0.1, 0.15) is 16.5 Å². The number of thiazole rings is 1. The van der Waals surface area contributed by atoms with Crippen molar-refractivity contribution >= 4 is 55.8 Å². The van der Waals surface area contributed by atoms with Crippen LogP contribution in [0.4, 0.5) is 10.8 Å². The van der Waals surface area contributed by atoms with E-state index in [1.807, 2.05) is 55.5 Å². The Balaban J connectivity index is 1.37. The van der Waals surface area contributed by atoms with E-state index >= 15 is 0 Å². The SMILES string of the molecule is CCOc1ccc2nc(NC(=O)c3ccccc3NC(=O)c3c(C)nn(-c4ccccc4)c3Cl)sc2c1. The summed E-state index contributed by atoms with van der Waals surface area (Å²) < 4.78 is 7.94. The minimum absolute atomic E-state index is 0.184. The summed E-state index contributed by atoms with van der Waals surface area (Å²) in [5, 5.41) is 10.7. The molecular weight excluding hydrogens is 510 g/mol. The van der Waals surface area contributed by atoms with Crippen LogP contribution in [0.5, 0.6) is 5.75 Å². The van der Waals surface area contributed by atoms with E-state index in [2.05, 4.69) is 20.7 Å². The molecule has 0 aliphatic rings. The van der Waals surface area contributed by atoms with Crippen LogP contribution in [0.1, 0.15) is 33.3 Å². The van der Waals surface area contributed by atoms with Gasteiger partial charge in [-0.3, -0.25) is 14.9 Å². The van der Waals surface area contributed by atoms with Crippen LogP contribution in [0.2, 0.25) is 5.15 Å². The maximum atomic E-state index is 13.2. The Morgan fingerprint density at radius 2 is 1.76 bits per heavy atom. The standard InChI is InChI=1S/C27H22ClN5O3S/c1-3-36-18-13-14-21-22(15-18)37-27(30-21)31-25(34)19-11-7-8-12-20(19)29-26(35)23-16(2)32-33(24(23)28)17-9-5-4-6-10-17/h4-15H,3H2,1-2H3,(H,29,35)(H,30,31,34). The zero-order valence-corrected chi connectivity index (χ0v) is 21.6. The maximum Gasteiger partial charge on any atom is 0.260 e. The van der Waals surface area contributed by atoms with Gasteiger partial charge in [-0.25, -0.2) is 9.67 Å². The first-order valence-corrected chi connectivity index (χ1v) is 12.7. The van der Waals surface area contributed by atoms with Crippen molar-refractivity contribution in [3.05, 3.63) is 94.8 Å². The summed E-state index contributed by atoms with van der Waals surface area (Å²) in [6.45, 7) is 4.19. The minimum Gasteiger partial charge on any atom is -0.494 e. The van der Waals surface area contributed by atoms with Gasteiger partial charge in [0, 0.05) is 0 Å². The van der Waals surface area contributed by atoms with E-state index in [1.54, 1.807) is 31.2 Å². The Morgan fingerprint density at radius 3 is 2.54 bits per heavy atom. The van der Waals surface area contributed by atoms with E-state index in [4.69, 9.17) is 16.3 Å². The third-order valence-corrected chi connectivity index (χ3v) is 6.83. The third-order valence-electron chi connectivity index (χ3n) is 5.54. The number of carbonyl (C=O) groups excluding carboxylic acids is 2. The first kappa shape index (κ1) is 24.5. The number of amides is 2. The quantitative estimate of drug-likeness (QED) is 0.255. The largest absolute Gasteiger partial charge is 0.494 e. The second kappa shape index (κ2) is 10.4. The fourth-order valence-corrected chi connectivity index (χ4v) is 5.10. The van der Waals surface area contributed by atoms with E-state index < -0.39 is 11.8 Å². The Morgan fingerprint density at radius 1 is 1.00 bits per heavy atom. The second-order valence-electron chi connectivity index (χ2n) is 8.03. The summed E-state index contributed by atoms with van der Waals surface area (Å²) in [4.78, 5) is 30.9. The zero-order valence-electron chi connectivity index (χ0n) is 20.0. The van der Waals surface area contributed by atoms with E-state index in [-0.39, 0.29) is 16.3 Å². The number of carbonyl (C=O) groups is 2. The molecule has 0 saturated carbocycles. The highest BCUT2D eigenvalue weighted by atomic mass is 35.5. The van der Waals surface area contributed by atoms with E-state index in [9.17, 15) is 9.59 Å². The van der Waals surface area contributed by atoms with Gasteiger partial charge < -0.3 is 10.1 Å². The Bertz CT molecular complexity index is 1610. The average Bonchev–Trinajstić information content (AvgIpc) is 3.43. The van der Waals surface area contributed by atoms with Crippen molar-refractivity contribution in [3.63, 3.8) is 0 Å². The van der Waals surface area contributed by atoms with Crippen LogP contribution in [0.3, 0.4) is 0 Å². The van der Waals surface area contributed by atoms with Crippen LogP contribution < -0.4 is 15.4 Å². The highest BCUT2D eigenvalue weighted by Gasteiger charge is 2.23. The van der Waals surface area contributed by atoms with E-state index in [0.717, 1.165) is 21.7 Å². The van der Waals surface area contributed by atoms with Gasteiger partial charge in [0.05, 0.1) is 39.5 Å². The van der Waals surface area contributed by atoms with Gasteiger partial charge in [0.2, 0.25) is 0 Å². The Labute approximate surface area is 221 Å². The molecule has 0 saturated heterocycles. The number of hydrogen-bond acceptors (Lipinski definition) is 6. The first-order valence-electron chi connectivity index (χ1n) is 11.5. The summed E-state index contributed by atoms with van der Waals surface area (Å²) in [6, 6.07) is 21.6. The molecule has 0 fully saturated rings. The maximum absolute atomic E-state index is 13.2. The van der Waals surface area contributed by atoms with Crippen molar-refractivity contribution in [3.8, 4) is 11.4 Å².